The van der Waals surface area contributed by atoms with Gasteiger partial charge in [-0.1, -0.05) is 24.3 Å². The molecule has 0 saturated heterocycles. The Hall–Kier alpha value is -6.69. The van der Waals surface area contributed by atoms with Gasteiger partial charge in [0.05, 0.1) is 22.3 Å². The largest absolute Gasteiger partial charge is 0.451 e. The van der Waals surface area contributed by atoms with Gasteiger partial charge in [0.25, 0.3) is 0 Å². The van der Waals surface area contributed by atoms with E-state index in [1.165, 1.54) is 0 Å². The van der Waals surface area contributed by atoms with Gasteiger partial charge in [0.2, 0.25) is 46.0 Å². The maximum atomic E-state index is 15.0. The minimum atomic E-state index is -6.45. The van der Waals surface area contributed by atoms with E-state index in [0.29, 0.717) is 0 Å². The van der Waals surface area contributed by atoms with Crippen molar-refractivity contribution in [2.75, 3.05) is 0 Å². The molecule has 64 heavy (non-hydrogen) atoms. The van der Waals surface area contributed by atoms with E-state index in [1.807, 2.05) is 0 Å². The first-order valence-corrected chi connectivity index (χ1v) is 16.4. The van der Waals surface area contributed by atoms with Crippen LogP contribution in [0.4, 0.5) is 101 Å². The molecule has 6 rings (SSSR count). The van der Waals surface area contributed by atoms with Gasteiger partial charge in [-0.2, -0.15) is 43.9 Å². The summed E-state index contributed by atoms with van der Waals surface area (Å²) in [6.07, 6.45) is -12.9. The lowest BCUT2D eigenvalue weighted by molar-refractivity contribution is -0.288. The van der Waals surface area contributed by atoms with Crippen molar-refractivity contribution in [1.29, 1.82) is 0 Å². The Labute approximate surface area is 338 Å². The first-order chi connectivity index (χ1) is 29.6. The van der Waals surface area contributed by atoms with Crippen LogP contribution in [-0.4, -0.2) is 12.4 Å². The summed E-state index contributed by atoms with van der Waals surface area (Å²) in [5.41, 5.74) is -18.2. The Kier molecular flexibility index (Phi) is 11.8. The maximum absolute atomic E-state index is 15.0. The fourth-order valence-corrected chi connectivity index (χ4v) is 6.22. The molecule has 0 heterocycles. The van der Waals surface area contributed by atoms with Crippen LogP contribution in [0.1, 0.15) is 11.1 Å². The minimum Gasteiger partial charge on any atom is -0.451 e. The average molecular weight is 946 g/mol. The molecular weight excluding hydrogens is 937 g/mol. The fraction of sp³-hybridized carbons (Fsp3) is 0.0769. The predicted molar refractivity (Wildman–Crippen MR) is 169 cm³/mol. The zero-order chi connectivity index (χ0) is 47.9. The molecule has 0 aliphatic rings. The average Bonchev–Trinajstić information content (AvgIpc) is 3.22. The summed E-state index contributed by atoms with van der Waals surface area (Å²) in [4.78, 5) is 0. The Morgan fingerprint density at radius 3 is 0.859 bits per heavy atom. The molecule has 25 heteroatoms. The molecule has 0 amide bonds. The third-order valence-electron chi connectivity index (χ3n) is 9.14. The summed E-state index contributed by atoms with van der Waals surface area (Å²) in [5, 5.41) is 0. The van der Waals surface area contributed by atoms with Crippen LogP contribution in [0.2, 0.25) is 0 Å². The molecule has 0 radical (unpaired) electrons. The smallest absolute Gasteiger partial charge is 0.411 e. The quantitative estimate of drug-likeness (QED) is 0.0860. The van der Waals surface area contributed by atoms with Crippen molar-refractivity contribution in [3.05, 3.63) is 165 Å². The second-order valence-corrected chi connectivity index (χ2v) is 12.7. The van der Waals surface area contributed by atoms with Gasteiger partial charge in [0, 0.05) is 6.07 Å². The monoisotopic (exact) mass is 946 g/mol. The van der Waals surface area contributed by atoms with E-state index >= 15 is 0 Å². The van der Waals surface area contributed by atoms with E-state index < -0.39 is 179 Å². The molecule has 0 atom stereocenters. The first kappa shape index (κ1) is 46.8. The van der Waals surface area contributed by atoms with Crippen molar-refractivity contribution in [3.63, 3.8) is 0 Å². The Bertz CT molecular complexity index is 2770. The van der Waals surface area contributed by atoms with E-state index in [1.54, 1.807) is 0 Å². The van der Waals surface area contributed by atoms with E-state index in [0.717, 1.165) is 0 Å². The molecule has 338 valence electrons. The van der Waals surface area contributed by atoms with Crippen LogP contribution < -0.4 is 9.47 Å². The summed E-state index contributed by atoms with van der Waals surface area (Å²) in [7, 11) is 0. The van der Waals surface area contributed by atoms with Crippen molar-refractivity contribution >= 4 is 0 Å². The van der Waals surface area contributed by atoms with Gasteiger partial charge in [-0.15, -0.1) is 0 Å². The van der Waals surface area contributed by atoms with Gasteiger partial charge in [-0.3, -0.25) is 0 Å². The molecule has 6 aromatic carbocycles. The van der Waals surface area contributed by atoms with Crippen molar-refractivity contribution in [3.8, 4) is 45.3 Å². The molecule has 0 aromatic heterocycles. The van der Waals surface area contributed by atoms with Crippen molar-refractivity contribution < 1.29 is 110 Å². The van der Waals surface area contributed by atoms with Crippen LogP contribution in [-0.2, 0) is 5.41 Å². The molecule has 6 aromatic rings. The van der Waals surface area contributed by atoms with Gasteiger partial charge in [-0.05, 0) is 35.4 Å². The molecule has 0 fully saturated rings. The van der Waals surface area contributed by atoms with Crippen molar-refractivity contribution in [1.82, 2.24) is 0 Å². The number of ether oxygens (including phenoxy) is 2. The lowest BCUT2D eigenvalue weighted by atomic mass is 9.73. The molecule has 0 unspecified atom stereocenters. The number of benzene rings is 6. The SMILES string of the molecule is Fc1cc(F)c(-c2c(F)c(F)c(Oc3ccc(C(c4ccc(Oc5c(F)c(F)c(-c6c(F)c(F)c(F)c(F)c6F)c(F)c5F)cc4)(C(F)(F)F)C(F)(F)F)cc3)c(F)c2F)c(F)c1F. The highest BCUT2D eigenvalue weighted by Gasteiger charge is 2.72. The summed E-state index contributed by atoms with van der Waals surface area (Å²) in [6.45, 7) is 0. The number of hydrogen-bond acceptors (Lipinski definition) is 2. The number of hydrogen-bond donors (Lipinski definition) is 0. The highest BCUT2D eigenvalue weighted by atomic mass is 19.4. The van der Waals surface area contributed by atoms with Crippen molar-refractivity contribution in [2.24, 2.45) is 0 Å². The van der Waals surface area contributed by atoms with Gasteiger partial charge in [0.15, 0.2) is 64.0 Å². The standard InChI is InChI=1S/C39H9F23O2/c40-14-9-15(41)20(42)21(43)16(14)17-24(46)31(53)35(32(54)25(17)47)63-12-5-1-10(2-6-12)37(38(57,58)59,39(60,61)62)11-3-7-13(8-4-11)64-36-33(55)26(48)19(27(49)34(36)56)18-22(44)28(50)30(52)29(51)23(18)45/h1-9H. The molecule has 0 aliphatic heterocycles. The van der Waals surface area contributed by atoms with Crippen LogP contribution in [0.25, 0.3) is 22.3 Å². The molecule has 2 nitrogen and oxygen atoms in total. The molecular formula is C39H9F23O2. The summed E-state index contributed by atoms with van der Waals surface area (Å²) in [5.74, 6) is -52.9. The first-order valence-electron chi connectivity index (χ1n) is 16.4. The Morgan fingerprint density at radius 2 is 0.547 bits per heavy atom. The molecule has 0 spiro atoms. The lowest BCUT2D eigenvalue weighted by Crippen LogP contribution is -2.54. The van der Waals surface area contributed by atoms with Crippen LogP contribution in [0.3, 0.4) is 0 Å². The van der Waals surface area contributed by atoms with Crippen LogP contribution >= 0.6 is 0 Å². The van der Waals surface area contributed by atoms with Gasteiger partial charge < -0.3 is 9.47 Å². The second-order valence-electron chi connectivity index (χ2n) is 12.7. The van der Waals surface area contributed by atoms with Gasteiger partial charge in [-0.25, -0.2) is 57.1 Å². The third kappa shape index (κ3) is 7.13. The summed E-state index contributed by atoms with van der Waals surface area (Å²) >= 11 is 0. The predicted octanol–water partition coefficient (Wildman–Crippen LogP) is 14.4. The molecule has 0 N–H and O–H groups in total. The molecule has 0 aliphatic carbocycles. The normalized spacial score (nSPS) is 12.3. The van der Waals surface area contributed by atoms with E-state index in [4.69, 9.17) is 0 Å². The van der Waals surface area contributed by atoms with Gasteiger partial charge in [0.1, 0.15) is 17.3 Å². The van der Waals surface area contributed by atoms with Crippen LogP contribution in [0.15, 0.2) is 54.6 Å². The maximum Gasteiger partial charge on any atom is 0.411 e. The van der Waals surface area contributed by atoms with E-state index in [9.17, 15) is 101 Å². The van der Waals surface area contributed by atoms with Crippen LogP contribution in [0, 0.1) is 98.9 Å². The van der Waals surface area contributed by atoms with Crippen LogP contribution in [0.5, 0.6) is 23.0 Å². The number of alkyl halides is 6. The van der Waals surface area contributed by atoms with Crippen molar-refractivity contribution in [2.45, 2.75) is 17.8 Å². The zero-order valence-electron chi connectivity index (χ0n) is 29.7. The highest BCUT2D eigenvalue weighted by Crippen LogP contribution is 2.57. The molecule has 0 saturated carbocycles. The third-order valence-corrected chi connectivity index (χ3v) is 9.14. The molecule has 0 bridgehead atoms. The second kappa shape index (κ2) is 16.1. The topological polar surface area (TPSA) is 18.5 Å². The number of halogens is 23. The Balaban J connectivity index is 1.38. The Morgan fingerprint density at radius 1 is 0.281 bits per heavy atom. The lowest BCUT2D eigenvalue weighted by Gasteiger charge is -2.38. The van der Waals surface area contributed by atoms with E-state index in [-0.39, 0.29) is 48.5 Å². The summed E-state index contributed by atoms with van der Waals surface area (Å²) < 4.78 is 342. The number of rotatable bonds is 8. The highest BCUT2D eigenvalue weighted by molar-refractivity contribution is 5.69. The minimum absolute atomic E-state index is 0.0496. The van der Waals surface area contributed by atoms with Gasteiger partial charge >= 0.3 is 12.4 Å². The zero-order valence-corrected chi connectivity index (χ0v) is 29.7. The fourth-order valence-electron chi connectivity index (χ4n) is 6.22. The van der Waals surface area contributed by atoms with E-state index in [2.05, 4.69) is 9.47 Å². The summed E-state index contributed by atoms with van der Waals surface area (Å²) in [6, 6.07) is -0.229.